The van der Waals surface area contributed by atoms with Gasteiger partial charge in [0, 0.05) is 0 Å². The largest absolute Gasteiger partial charge is 0.475 e. The third-order valence-corrected chi connectivity index (χ3v) is 3.50. The van der Waals surface area contributed by atoms with Crippen molar-refractivity contribution >= 4 is 5.97 Å². The maximum Gasteiger partial charge on any atom is 0.371 e. The third-order valence-electron chi connectivity index (χ3n) is 3.50. The second-order valence-electron chi connectivity index (χ2n) is 5.12. The summed E-state index contributed by atoms with van der Waals surface area (Å²) >= 11 is 0. The number of ether oxygens (including phenoxy) is 3. The van der Waals surface area contributed by atoms with Gasteiger partial charge in [0.15, 0.2) is 6.29 Å². The number of aliphatic hydroxyl groups is 5. The molecule has 126 valence electrons. The Bertz CT molecular complexity index is 451. The predicted molar refractivity (Wildman–Crippen MR) is 66.0 cm³/mol. The van der Waals surface area contributed by atoms with Crippen LogP contribution in [0, 0.1) is 0 Å². The Balaban J connectivity index is 2.12. The topological polar surface area (TPSA) is 166 Å². The maximum atomic E-state index is 10.9. The van der Waals surface area contributed by atoms with E-state index in [1.165, 1.54) is 6.92 Å². The summed E-state index contributed by atoms with van der Waals surface area (Å²) in [5, 5.41) is 57.5. The van der Waals surface area contributed by atoms with Gasteiger partial charge in [0.25, 0.3) is 0 Å². The molecular formula is C12H18O10. The van der Waals surface area contributed by atoms with Crippen LogP contribution in [0.3, 0.4) is 0 Å². The highest BCUT2D eigenvalue weighted by Gasteiger charge is 2.46. The Morgan fingerprint density at radius 2 is 1.77 bits per heavy atom. The van der Waals surface area contributed by atoms with E-state index < -0.39 is 60.9 Å². The van der Waals surface area contributed by atoms with Crippen molar-refractivity contribution in [3.8, 4) is 0 Å². The molecule has 0 aromatic carbocycles. The molecule has 1 saturated heterocycles. The summed E-state index contributed by atoms with van der Waals surface area (Å²) in [7, 11) is 0. The van der Waals surface area contributed by atoms with Crippen LogP contribution in [0.25, 0.3) is 0 Å². The summed E-state index contributed by atoms with van der Waals surface area (Å²) in [6, 6.07) is 0. The van der Waals surface area contributed by atoms with Gasteiger partial charge >= 0.3 is 5.97 Å². The highest BCUT2D eigenvalue weighted by Crippen LogP contribution is 2.27. The van der Waals surface area contributed by atoms with Crippen molar-refractivity contribution in [1.29, 1.82) is 0 Å². The molecule has 1 fully saturated rings. The maximum absolute atomic E-state index is 10.9. The quantitative estimate of drug-likeness (QED) is 0.313. The van der Waals surface area contributed by atoms with Crippen LogP contribution in [-0.2, 0) is 19.0 Å². The zero-order valence-electron chi connectivity index (χ0n) is 11.5. The molecule has 8 atom stereocenters. The van der Waals surface area contributed by atoms with Gasteiger partial charge in [-0.2, -0.15) is 0 Å². The van der Waals surface area contributed by atoms with E-state index in [-0.39, 0.29) is 0 Å². The minimum Gasteiger partial charge on any atom is -0.475 e. The summed E-state index contributed by atoms with van der Waals surface area (Å²) in [6.45, 7) is 1.42. The van der Waals surface area contributed by atoms with E-state index in [9.17, 15) is 30.3 Å². The first-order chi connectivity index (χ1) is 10.2. The number of carboxylic acids is 1. The van der Waals surface area contributed by atoms with Crippen molar-refractivity contribution in [3.63, 3.8) is 0 Å². The molecule has 0 aromatic rings. The highest BCUT2D eigenvalue weighted by atomic mass is 16.7. The molecule has 2 heterocycles. The molecule has 0 aliphatic carbocycles. The van der Waals surface area contributed by atoms with Crippen LogP contribution in [0.1, 0.15) is 6.92 Å². The van der Waals surface area contributed by atoms with E-state index in [4.69, 9.17) is 19.3 Å². The molecule has 0 radical (unpaired) electrons. The van der Waals surface area contributed by atoms with Crippen molar-refractivity contribution in [3.05, 3.63) is 11.8 Å². The van der Waals surface area contributed by atoms with Gasteiger partial charge in [-0.25, -0.2) is 4.79 Å². The lowest BCUT2D eigenvalue weighted by atomic mass is 9.99. The summed E-state index contributed by atoms with van der Waals surface area (Å²) < 4.78 is 14.9. The molecule has 22 heavy (non-hydrogen) atoms. The monoisotopic (exact) mass is 322 g/mol. The molecule has 10 heteroatoms. The zero-order valence-corrected chi connectivity index (χ0v) is 11.5. The molecular weight excluding hydrogens is 304 g/mol. The summed E-state index contributed by atoms with van der Waals surface area (Å²) in [4.78, 5) is 10.9. The third kappa shape index (κ3) is 3.22. The van der Waals surface area contributed by atoms with Crippen LogP contribution in [0.5, 0.6) is 0 Å². The van der Waals surface area contributed by atoms with Crippen LogP contribution in [0.4, 0.5) is 0 Å². The molecule has 0 amide bonds. The average Bonchev–Trinajstić information content (AvgIpc) is 2.45. The lowest BCUT2D eigenvalue weighted by Crippen LogP contribution is -2.60. The number of aliphatic carboxylic acids is 1. The minimum absolute atomic E-state index is 0.655. The Morgan fingerprint density at radius 1 is 1.14 bits per heavy atom. The summed E-state index contributed by atoms with van der Waals surface area (Å²) in [6.07, 6.45) is -11.1. The van der Waals surface area contributed by atoms with Gasteiger partial charge in [-0.1, -0.05) is 0 Å². The van der Waals surface area contributed by atoms with Gasteiger partial charge in [0.1, 0.15) is 30.5 Å². The fraction of sp³-hybridized carbons (Fsp3) is 0.750. The second kappa shape index (κ2) is 6.46. The standard InChI is InChI=1S/C12H18O10/c1-3-6(14)8(16)9(11(19)20-3)22-12-7(15)4(13)2-5(21-12)10(17)18/h2-4,6-9,11-16,19H,1H3,(H,17,18)/t3-,4-,6-,7+,8+,9+,11+,12+/m0/s1. The smallest absolute Gasteiger partial charge is 0.371 e. The van der Waals surface area contributed by atoms with Crippen LogP contribution < -0.4 is 0 Å². The first-order valence-electron chi connectivity index (χ1n) is 6.55. The minimum atomic E-state index is -1.68. The molecule has 0 unspecified atom stereocenters. The fourth-order valence-corrected chi connectivity index (χ4v) is 2.20. The van der Waals surface area contributed by atoms with Gasteiger partial charge < -0.3 is 44.8 Å². The molecule has 2 aliphatic heterocycles. The van der Waals surface area contributed by atoms with Gasteiger partial charge in [-0.15, -0.1) is 0 Å². The highest BCUT2D eigenvalue weighted by molar-refractivity contribution is 5.84. The number of aliphatic hydroxyl groups excluding tert-OH is 5. The number of carbonyl (C=O) groups is 1. The van der Waals surface area contributed by atoms with Crippen LogP contribution in [0.15, 0.2) is 11.8 Å². The predicted octanol–water partition coefficient (Wildman–Crippen LogP) is -3.12. The lowest BCUT2D eigenvalue weighted by Gasteiger charge is -2.41. The molecule has 10 nitrogen and oxygen atoms in total. The van der Waals surface area contributed by atoms with E-state index in [0.29, 0.717) is 0 Å². The molecule has 0 aromatic heterocycles. The van der Waals surface area contributed by atoms with E-state index in [0.717, 1.165) is 6.08 Å². The first-order valence-corrected chi connectivity index (χ1v) is 6.55. The number of hydrogen-bond acceptors (Lipinski definition) is 9. The summed E-state index contributed by atoms with van der Waals surface area (Å²) in [5.74, 6) is -2.15. The van der Waals surface area contributed by atoms with Gasteiger partial charge in [0.05, 0.1) is 6.10 Å². The van der Waals surface area contributed by atoms with E-state index in [2.05, 4.69) is 0 Å². The Hall–Kier alpha value is -1.27. The van der Waals surface area contributed by atoms with E-state index in [1.807, 2.05) is 0 Å². The van der Waals surface area contributed by atoms with E-state index >= 15 is 0 Å². The van der Waals surface area contributed by atoms with Crippen LogP contribution in [-0.4, -0.2) is 85.8 Å². The first kappa shape index (κ1) is 17.1. The average molecular weight is 322 g/mol. The van der Waals surface area contributed by atoms with Gasteiger partial charge in [0.2, 0.25) is 12.0 Å². The fourth-order valence-electron chi connectivity index (χ4n) is 2.20. The van der Waals surface area contributed by atoms with Crippen molar-refractivity contribution in [2.75, 3.05) is 0 Å². The number of carboxylic acid groups (broad SMARTS) is 1. The Kier molecular flexibility index (Phi) is 5.02. The van der Waals surface area contributed by atoms with Crippen molar-refractivity contribution in [1.82, 2.24) is 0 Å². The summed E-state index contributed by atoms with van der Waals surface area (Å²) in [5.41, 5.74) is 0. The molecule has 0 spiro atoms. The van der Waals surface area contributed by atoms with Crippen LogP contribution in [0.2, 0.25) is 0 Å². The van der Waals surface area contributed by atoms with Crippen molar-refractivity contribution < 1.29 is 49.6 Å². The number of rotatable bonds is 3. The van der Waals surface area contributed by atoms with Crippen LogP contribution >= 0.6 is 0 Å². The Labute approximate surface area is 124 Å². The van der Waals surface area contributed by atoms with Crippen molar-refractivity contribution in [2.45, 2.75) is 56.1 Å². The van der Waals surface area contributed by atoms with E-state index in [1.54, 1.807) is 0 Å². The Morgan fingerprint density at radius 3 is 2.36 bits per heavy atom. The molecule has 0 saturated carbocycles. The normalized spacial score (nSPS) is 45.8. The molecule has 0 bridgehead atoms. The molecule has 2 rings (SSSR count). The number of hydrogen-bond donors (Lipinski definition) is 6. The zero-order chi connectivity index (χ0) is 16.6. The second-order valence-corrected chi connectivity index (χ2v) is 5.12. The van der Waals surface area contributed by atoms with Gasteiger partial charge in [-0.3, -0.25) is 0 Å². The molecule has 2 aliphatic rings. The SMILES string of the molecule is C[C@@H]1O[C@@H](O)[C@H](O[C@H]2OC(C(=O)O)=C[C@H](O)[C@H]2O)[C@H](O)[C@H]1O. The molecule has 6 N–H and O–H groups in total. The van der Waals surface area contributed by atoms with Gasteiger partial charge in [-0.05, 0) is 13.0 Å². The van der Waals surface area contributed by atoms with Crippen molar-refractivity contribution in [2.24, 2.45) is 0 Å². The lowest BCUT2D eigenvalue weighted by molar-refractivity contribution is -0.328.